The molecule has 1 N–H and O–H groups in total. The lowest BCUT2D eigenvalue weighted by Gasteiger charge is -2.15. The number of halogens is 4. The number of hydrogen-bond donors (Lipinski definition) is 1. The van der Waals surface area contributed by atoms with Crippen LogP contribution in [0, 0.1) is 5.82 Å². The van der Waals surface area contributed by atoms with Gasteiger partial charge in [-0.15, -0.1) is 0 Å². The number of nitrogens with one attached hydrogen (secondary N) is 1. The van der Waals surface area contributed by atoms with Gasteiger partial charge >= 0.3 is 6.18 Å². The highest BCUT2D eigenvalue weighted by molar-refractivity contribution is 5.27. The highest BCUT2D eigenvalue weighted by atomic mass is 19.4. The van der Waals surface area contributed by atoms with Crippen LogP contribution in [0.4, 0.5) is 17.6 Å². The number of unbranched alkanes of at least 4 members (excludes halogenated alkanes) is 2. The molecule has 1 aromatic rings. The number of alkyl halides is 3. The van der Waals surface area contributed by atoms with Gasteiger partial charge in [0, 0.05) is 12.6 Å². The Hall–Kier alpha value is -1.10. The summed E-state index contributed by atoms with van der Waals surface area (Å²) in [7, 11) is 0. The highest BCUT2D eigenvalue weighted by Crippen LogP contribution is 2.31. The minimum atomic E-state index is -4.65. The Morgan fingerprint density at radius 1 is 1.20 bits per heavy atom. The first-order chi connectivity index (χ1) is 9.34. The van der Waals surface area contributed by atoms with Crippen molar-refractivity contribution in [2.45, 2.75) is 58.3 Å². The molecule has 0 radical (unpaired) electrons. The minimum absolute atomic E-state index is 0.237. The van der Waals surface area contributed by atoms with Crippen LogP contribution in [0.3, 0.4) is 0 Å². The molecule has 0 bridgehead atoms. The Morgan fingerprint density at radius 2 is 1.90 bits per heavy atom. The summed E-state index contributed by atoms with van der Waals surface area (Å²) >= 11 is 0. The van der Waals surface area contributed by atoms with E-state index in [2.05, 4.69) is 12.2 Å². The van der Waals surface area contributed by atoms with Gasteiger partial charge in [-0.2, -0.15) is 13.2 Å². The van der Waals surface area contributed by atoms with Crippen LogP contribution in [0.1, 0.15) is 50.7 Å². The van der Waals surface area contributed by atoms with Crippen LogP contribution in [-0.4, -0.2) is 6.04 Å². The normalized spacial score (nSPS) is 13.5. The van der Waals surface area contributed by atoms with Crippen LogP contribution in [-0.2, 0) is 12.7 Å². The third kappa shape index (κ3) is 5.49. The monoisotopic (exact) mass is 291 g/mol. The van der Waals surface area contributed by atoms with Crippen molar-refractivity contribution >= 4 is 0 Å². The first kappa shape index (κ1) is 17.0. The van der Waals surface area contributed by atoms with E-state index in [9.17, 15) is 17.6 Å². The van der Waals surface area contributed by atoms with E-state index in [-0.39, 0.29) is 6.04 Å². The summed E-state index contributed by atoms with van der Waals surface area (Å²) in [5, 5.41) is 3.17. The summed E-state index contributed by atoms with van der Waals surface area (Å²) in [6.07, 6.45) is -0.268. The first-order valence-corrected chi connectivity index (χ1v) is 6.93. The molecule has 20 heavy (non-hydrogen) atoms. The molecule has 0 fully saturated rings. The standard InChI is InChI=1S/C15H21F4N/c1-3-4-5-6-11(2)20-10-12-7-8-14(16)13(9-12)15(17,18)19/h7-9,11,20H,3-6,10H2,1-2H3. The molecule has 0 amide bonds. The van der Waals surface area contributed by atoms with Crippen molar-refractivity contribution in [3.8, 4) is 0 Å². The molecule has 0 heterocycles. The Balaban J connectivity index is 2.56. The molecular formula is C15H21F4N. The topological polar surface area (TPSA) is 12.0 Å². The molecule has 1 aromatic carbocycles. The smallest absolute Gasteiger partial charge is 0.310 e. The molecule has 1 nitrogen and oxygen atoms in total. The zero-order valence-corrected chi connectivity index (χ0v) is 11.9. The third-order valence-electron chi connectivity index (χ3n) is 3.23. The summed E-state index contributed by atoms with van der Waals surface area (Å²) in [5.41, 5.74) is -0.753. The van der Waals surface area contributed by atoms with Gasteiger partial charge < -0.3 is 5.32 Å². The summed E-state index contributed by atoms with van der Waals surface area (Å²) in [4.78, 5) is 0. The van der Waals surface area contributed by atoms with Gasteiger partial charge in [-0.25, -0.2) is 4.39 Å². The van der Waals surface area contributed by atoms with Crippen molar-refractivity contribution in [3.63, 3.8) is 0 Å². The fourth-order valence-corrected chi connectivity index (χ4v) is 1.99. The van der Waals surface area contributed by atoms with Crippen LogP contribution >= 0.6 is 0 Å². The van der Waals surface area contributed by atoms with Gasteiger partial charge in [0.05, 0.1) is 5.56 Å². The fourth-order valence-electron chi connectivity index (χ4n) is 1.99. The quantitative estimate of drug-likeness (QED) is 0.556. The second-order valence-electron chi connectivity index (χ2n) is 5.09. The summed E-state index contributed by atoms with van der Waals surface area (Å²) in [6, 6.07) is 3.37. The van der Waals surface area contributed by atoms with Crippen molar-refractivity contribution in [2.75, 3.05) is 0 Å². The van der Waals surface area contributed by atoms with E-state index < -0.39 is 17.6 Å². The molecular weight excluding hydrogens is 270 g/mol. The molecule has 114 valence electrons. The molecule has 1 rings (SSSR count). The number of benzene rings is 1. The average molecular weight is 291 g/mol. The van der Waals surface area contributed by atoms with Crippen LogP contribution in [0.25, 0.3) is 0 Å². The van der Waals surface area contributed by atoms with Crippen molar-refractivity contribution in [3.05, 3.63) is 35.1 Å². The lowest BCUT2D eigenvalue weighted by molar-refractivity contribution is -0.140. The molecule has 0 aromatic heterocycles. The first-order valence-electron chi connectivity index (χ1n) is 6.93. The van der Waals surface area contributed by atoms with Gasteiger partial charge in [-0.1, -0.05) is 32.3 Å². The zero-order valence-electron chi connectivity index (χ0n) is 11.9. The van der Waals surface area contributed by atoms with Crippen LogP contribution in [0.5, 0.6) is 0 Å². The molecule has 0 spiro atoms. The minimum Gasteiger partial charge on any atom is -0.310 e. The second kappa shape index (κ2) is 7.62. The summed E-state index contributed by atoms with van der Waals surface area (Å²) in [5.74, 6) is -1.22. The highest BCUT2D eigenvalue weighted by Gasteiger charge is 2.34. The van der Waals surface area contributed by atoms with E-state index in [1.165, 1.54) is 6.07 Å². The summed E-state index contributed by atoms with van der Waals surface area (Å²) in [6.45, 7) is 4.44. The Labute approximate surface area is 117 Å². The lowest BCUT2D eigenvalue weighted by atomic mass is 10.1. The SMILES string of the molecule is CCCCCC(C)NCc1ccc(F)c(C(F)(F)F)c1. The van der Waals surface area contributed by atoms with Crippen molar-refractivity contribution < 1.29 is 17.6 Å². The van der Waals surface area contributed by atoms with E-state index in [0.717, 1.165) is 37.8 Å². The Kier molecular flexibility index (Phi) is 6.46. The average Bonchev–Trinajstić information content (AvgIpc) is 2.36. The third-order valence-corrected chi connectivity index (χ3v) is 3.23. The van der Waals surface area contributed by atoms with Gasteiger partial charge in [0.2, 0.25) is 0 Å². The van der Waals surface area contributed by atoms with E-state index in [1.807, 2.05) is 6.92 Å². The van der Waals surface area contributed by atoms with E-state index in [4.69, 9.17) is 0 Å². The van der Waals surface area contributed by atoms with Crippen molar-refractivity contribution in [1.82, 2.24) is 5.32 Å². The predicted octanol–water partition coefficient (Wildman–Crippen LogP) is 4.90. The van der Waals surface area contributed by atoms with Gasteiger partial charge in [0.15, 0.2) is 0 Å². The Morgan fingerprint density at radius 3 is 2.50 bits per heavy atom. The molecule has 1 unspecified atom stereocenters. The van der Waals surface area contributed by atoms with Gasteiger partial charge in [-0.05, 0) is 31.0 Å². The molecule has 5 heteroatoms. The summed E-state index contributed by atoms with van der Waals surface area (Å²) < 4.78 is 50.8. The van der Waals surface area contributed by atoms with Gasteiger partial charge in [0.1, 0.15) is 5.82 Å². The van der Waals surface area contributed by atoms with Crippen LogP contribution < -0.4 is 5.32 Å². The zero-order chi connectivity index (χ0) is 15.2. The molecule has 0 saturated carbocycles. The molecule has 1 atom stereocenters. The van der Waals surface area contributed by atoms with Crippen LogP contribution in [0.2, 0.25) is 0 Å². The maximum atomic E-state index is 13.1. The predicted molar refractivity (Wildman–Crippen MR) is 71.8 cm³/mol. The maximum absolute atomic E-state index is 13.1. The molecule has 0 aliphatic rings. The van der Waals surface area contributed by atoms with Crippen LogP contribution in [0.15, 0.2) is 18.2 Å². The molecule has 0 aliphatic heterocycles. The lowest BCUT2D eigenvalue weighted by Crippen LogP contribution is -2.25. The van der Waals surface area contributed by atoms with Gasteiger partial charge in [-0.3, -0.25) is 0 Å². The van der Waals surface area contributed by atoms with Gasteiger partial charge in [0.25, 0.3) is 0 Å². The Bertz CT molecular complexity index is 415. The largest absolute Gasteiger partial charge is 0.419 e. The fraction of sp³-hybridized carbons (Fsp3) is 0.600. The van der Waals surface area contributed by atoms with E-state index in [0.29, 0.717) is 12.1 Å². The second-order valence-corrected chi connectivity index (χ2v) is 5.09. The molecule has 0 saturated heterocycles. The molecule has 0 aliphatic carbocycles. The number of hydrogen-bond acceptors (Lipinski definition) is 1. The van der Waals surface area contributed by atoms with E-state index in [1.54, 1.807) is 0 Å². The van der Waals surface area contributed by atoms with Crippen molar-refractivity contribution in [1.29, 1.82) is 0 Å². The van der Waals surface area contributed by atoms with E-state index >= 15 is 0 Å². The number of rotatable bonds is 7. The van der Waals surface area contributed by atoms with Crippen molar-refractivity contribution in [2.24, 2.45) is 0 Å². The maximum Gasteiger partial charge on any atom is 0.419 e.